The Morgan fingerprint density at radius 1 is 1.31 bits per heavy atom. The van der Waals surface area contributed by atoms with Crippen LogP contribution in [0.15, 0.2) is 0 Å². The van der Waals surface area contributed by atoms with Crippen LogP contribution in [-0.4, -0.2) is 30.1 Å². The van der Waals surface area contributed by atoms with Gasteiger partial charge in [0.25, 0.3) is 0 Å². The second kappa shape index (κ2) is 7.86. The molecule has 0 aromatic rings. The molecule has 1 aliphatic rings. The number of nitrogens with zero attached hydrogens (tertiary/aromatic N) is 1. The third-order valence-corrected chi connectivity index (χ3v) is 2.72. The van der Waals surface area contributed by atoms with Crippen LogP contribution in [0, 0.1) is 0 Å². The van der Waals surface area contributed by atoms with Crippen LogP contribution in [0.2, 0.25) is 0 Å². The third kappa shape index (κ3) is 4.50. The summed E-state index contributed by atoms with van der Waals surface area (Å²) < 4.78 is 0. The zero-order valence-electron chi connectivity index (χ0n) is 8.53. The zero-order valence-corrected chi connectivity index (χ0v) is 10.2. The predicted octanol–water partition coefficient (Wildman–Crippen LogP) is 2.05. The SMILES string of the molecule is CCC(CC)N1CC[C@@H](N)C1.Cl.Cl. The van der Waals surface area contributed by atoms with Crippen LogP contribution in [0.25, 0.3) is 0 Å². The summed E-state index contributed by atoms with van der Waals surface area (Å²) in [5.74, 6) is 0. The molecule has 1 fully saturated rings. The fraction of sp³-hybridized carbons (Fsp3) is 1.00. The molecule has 1 atom stereocenters. The van der Waals surface area contributed by atoms with Crippen LogP contribution in [0.1, 0.15) is 33.1 Å². The minimum Gasteiger partial charge on any atom is -0.326 e. The lowest BCUT2D eigenvalue weighted by atomic mass is 10.1. The van der Waals surface area contributed by atoms with E-state index in [0.717, 1.165) is 12.6 Å². The van der Waals surface area contributed by atoms with Crippen LogP contribution < -0.4 is 5.73 Å². The lowest BCUT2D eigenvalue weighted by Crippen LogP contribution is -2.34. The van der Waals surface area contributed by atoms with Gasteiger partial charge in [-0.25, -0.2) is 0 Å². The van der Waals surface area contributed by atoms with Crippen molar-refractivity contribution >= 4 is 24.8 Å². The number of likely N-dealkylation sites (tertiary alicyclic amines) is 1. The fourth-order valence-corrected chi connectivity index (χ4v) is 1.95. The van der Waals surface area contributed by atoms with Crippen LogP contribution in [0.4, 0.5) is 0 Å². The van der Waals surface area contributed by atoms with E-state index in [4.69, 9.17) is 5.73 Å². The monoisotopic (exact) mass is 228 g/mol. The van der Waals surface area contributed by atoms with Gasteiger partial charge in [0.1, 0.15) is 0 Å². The second-order valence-electron chi connectivity index (χ2n) is 3.51. The van der Waals surface area contributed by atoms with Gasteiger partial charge in [-0.15, -0.1) is 24.8 Å². The molecule has 0 bridgehead atoms. The predicted molar refractivity (Wildman–Crippen MR) is 63.0 cm³/mol. The van der Waals surface area contributed by atoms with Crippen molar-refractivity contribution in [3.8, 4) is 0 Å². The van der Waals surface area contributed by atoms with E-state index in [1.165, 1.54) is 25.8 Å². The highest BCUT2D eigenvalue weighted by Gasteiger charge is 2.23. The number of rotatable bonds is 3. The van der Waals surface area contributed by atoms with Gasteiger partial charge in [-0.1, -0.05) is 13.8 Å². The van der Waals surface area contributed by atoms with Crippen molar-refractivity contribution in [3.05, 3.63) is 0 Å². The van der Waals surface area contributed by atoms with Crippen molar-refractivity contribution in [3.63, 3.8) is 0 Å². The molecule has 0 saturated carbocycles. The van der Waals surface area contributed by atoms with E-state index >= 15 is 0 Å². The van der Waals surface area contributed by atoms with E-state index in [1.807, 2.05) is 0 Å². The van der Waals surface area contributed by atoms with Gasteiger partial charge in [-0.3, -0.25) is 4.90 Å². The summed E-state index contributed by atoms with van der Waals surface area (Å²) in [5.41, 5.74) is 5.83. The maximum Gasteiger partial charge on any atom is 0.0180 e. The molecule has 0 aromatic heterocycles. The summed E-state index contributed by atoms with van der Waals surface area (Å²) in [4.78, 5) is 2.53. The van der Waals surface area contributed by atoms with E-state index in [1.54, 1.807) is 0 Å². The molecule has 2 N–H and O–H groups in total. The first-order valence-electron chi connectivity index (χ1n) is 4.77. The highest BCUT2D eigenvalue weighted by atomic mass is 35.5. The molecular weight excluding hydrogens is 207 g/mol. The summed E-state index contributed by atoms with van der Waals surface area (Å²) in [6, 6.07) is 1.22. The van der Waals surface area contributed by atoms with Crippen molar-refractivity contribution in [2.45, 2.75) is 45.2 Å². The van der Waals surface area contributed by atoms with Gasteiger partial charge in [0.05, 0.1) is 0 Å². The molecule has 0 radical (unpaired) electrons. The van der Waals surface area contributed by atoms with E-state index < -0.39 is 0 Å². The number of nitrogens with two attached hydrogens (primary N) is 1. The lowest BCUT2D eigenvalue weighted by molar-refractivity contribution is 0.227. The molecule has 0 spiro atoms. The van der Waals surface area contributed by atoms with Gasteiger partial charge in [0.2, 0.25) is 0 Å². The van der Waals surface area contributed by atoms with Gasteiger partial charge >= 0.3 is 0 Å². The van der Waals surface area contributed by atoms with E-state index in [9.17, 15) is 0 Å². The molecule has 1 heterocycles. The lowest BCUT2D eigenvalue weighted by Gasteiger charge is -2.25. The normalized spacial score (nSPS) is 22.6. The Labute approximate surface area is 94.1 Å². The average Bonchev–Trinajstić information content (AvgIpc) is 2.39. The highest BCUT2D eigenvalue weighted by molar-refractivity contribution is 5.85. The van der Waals surface area contributed by atoms with Crippen molar-refractivity contribution in [2.75, 3.05) is 13.1 Å². The average molecular weight is 229 g/mol. The summed E-state index contributed by atoms with van der Waals surface area (Å²) in [7, 11) is 0. The summed E-state index contributed by atoms with van der Waals surface area (Å²) in [5, 5.41) is 0. The van der Waals surface area contributed by atoms with Gasteiger partial charge in [0.15, 0.2) is 0 Å². The molecular formula is C9H22Cl2N2. The van der Waals surface area contributed by atoms with E-state index in [2.05, 4.69) is 18.7 Å². The number of hydrogen-bond donors (Lipinski definition) is 1. The van der Waals surface area contributed by atoms with E-state index in [0.29, 0.717) is 6.04 Å². The molecule has 0 aromatic carbocycles. The van der Waals surface area contributed by atoms with E-state index in [-0.39, 0.29) is 24.8 Å². The van der Waals surface area contributed by atoms with Gasteiger partial charge in [-0.2, -0.15) is 0 Å². The van der Waals surface area contributed by atoms with Crippen LogP contribution in [-0.2, 0) is 0 Å². The number of hydrogen-bond acceptors (Lipinski definition) is 2. The topological polar surface area (TPSA) is 29.3 Å². The third-order valence-electron chi connectivity index (χ3n) is 2.72. The second-order valence-corrected chi connectivity index (χ2v) is 3.51. The van der Waals surface area contributed by atoms with Gasteiger partial charge in [-0.05, 0) is 19.3 Å². The van der Waals surface area contributed by atoms with Crippen LogP contribution >= 0.6 is 24.8 Å². The van der Waals surface area contributed by atoms with Crippen molar-refractivity contribution in [2.24, 2.45) is 5.73 Å². The van der Waals surface area contributed by atoms with Crippen molar-refractivity contribution in [1.82, 2.24) is 4.90 Å². The molecule has 0 aliphatic carbocycles. The smallest absolute Gasteiger partial charge is 0.0180 e. The Morgan fingerprint density at radius 3 is 2.15 bits per heavy atom. The molecule has 2 nitrogen and oxygen atoms in total. The van der Waals surface area contributed by atoms with Gasteiger partial charge in [0, 0.05) is 25.2 Å². The number of halogens is 2. The standard InChI is InChI=1S/C9H20N2.2ClH/c1-3-9(4-2)11-6-5-8(10)7-11;;/h8-9H,3-7,10H2,1-2H3;2*1H/t8-;;/m1../s1. The molecule has 1 aliphatic heterocycles. The molecule has 0 amide bonds. The Balaban J connectivity index is 0. The summed E-state index contributed by atoms with van der Waals surface area (Å²) in [6.07, 6.45) is 3.73. The quantitative estimate of drug-likeness (QED) is 0.802. The van der Waals surface area contributed by atoms with Crippen molar-refractivity contribution in [1.29, 1.82) is 0 Å². The maximum atomic E-state index is 5.83. The van der Waals surface area contributed by atoms with Crippen molar-refractivity contribution < 1.29 is 0 Å². The molecule has 1 saturated heterocycles. The Bertz CT molecular complexity index is 118. The zero-order chi connectivity index (χ0) is 8.27. The molecule has 0 unspecified atom stereocenters. The highest BCUT2D eigenvalue weighted by Crippen LogP contribution is 2.15. The Morgan fingerprint density at radius 2 is 1.85 bits per heavy atom. The largest absolute Gasteiger partial charge is 0.326 e. The first-order chi connectivity index (χ1) is 5.27. The molecule has 82 valence electrons. The minimum absolute atomic E-state index is 0. The maximum absolute atomic E-state index is 5.83. The van der Waals surface area contributed by atoms with Gasteiger partial charge < -0.3 is 5.73 Å². The van der Waals surface area contributed by atoms with Crippen LogP contribution in [0.3, 0.4) is 0 Å². The summed E-state index contributed by atoms with van der Waals surface area (Å²) >= 11 is 0. The molecule has 13 heavy (non-hydrogen) atoms. The summed E-state index contributed by atoms with van der Waals surface area (Å²) in [6.45, 7) is 6.86. The molecule has 1 rings (SSSR count). The Hall–Kier alpha value is 0.500. The van der Waals surface area contributed by atoms with Crippen LogP contribution in [0.5, 0.6) is 0 Å². The minimum atomic E-state index is 0. The first-order valence-corrected chi connectivity index (χ1v) is 4.77. The first kappa shape index (κ1) is 15.9. The Kier molecular flexibility index (Phi) is 9.65. The fourth-order valence-electron chi connectivity index (χ4n) is 1.95. The molecule has 4 heteroatoms.